The van der Waals surface area contributed by atoms with E-state index in [1.54, 1.807) is 4.90 Å². The van der Waals surface area contributed by atoms with Gasteiger partial charge in [0.1, 0.15) is 0 Å². The van der Waals surface area contributed by atoms with Crippen molar-refractivity contribution in [3.05, 3.63) is 71.8 Å². The molecule has 98 valence electrons. The number of hydrogen-bond acceptors (Lipinski definition) is 1. The number of amides is 1. The molecule has 1 unspecified atom stereocenters. The van der Waals surface area contributed by atoms with Gasteiger partial charge in [-0.05, 0) is 17.5 Å². The van der Waals surface area contributed by atoms with E-state index in [9.17, 15) is 4.79 Å². The summed E-state index contributed by atoms with van der Waals surface area (Å²) < 4.78 is 0. The van der Waals surface area contributed by atoms with Crippen molar-refractivity contribution in [1.82, 2.24) is 4.90 Å². The smallest absolute Gasteiger partial charge is 0.209 e. The van der Waals surface area contributed by atoms with Crippen LogP contribution in [0.5, 0.6) is 0 Å². The maximum Gasteiger partial charge on any atom is 0.209 e. The van der Waals surface area contributed by atoms with Gasteiger partial charge in [0.2, 0.25) is 6.41 Å². The monoisotopic (exact) mass is 253 g/mol. The molecule has 2 heteroatoms. The lowest BCUT2D eigenvalue weighted by molar-refractivity contribution is -0.117. The van der Waals surface area contributed by atoms with Gasteiger partial charge in [0.05, 0.1) is 0 Å². The largest absolute Gasteiger partial charge is 0.348 e. The molecule has 0 saturated heterocycles. The molecule has 0 aromatic heterocycles. The Kier molecular flexibility index (Phi) is 4.73. The molecule has 2 nitrogen and oxygen atoms in total. The summed E-state index contributed by atoms with van der Waals surface area (Å²) in [5.74, 6) is 0.332. The summed E-state index contributed by atoms with van der Waals surface area (Å²) in [5, 5.41) is 0. The number of hydrogen-bond donors (Lipinski definition) is 0. The first kappa shape index (κ1) is 13.3. The average Bonchev–Trinajstić information content (AvgIpc) is 2.48. The highest BCUT2D eigenvalue weighted by Crippen LogP contribution is 2.21. The molecular formula is C17H19NO. The molecule has 0 heterocycles. The zero-order valence-corrected chi connectivity index (χ0v) is 11.2. The minimum Gasteiger partial charge on any atom is -0.348 e. The SMILES string of the molecule is CN(C=O)CC(Cc1ccccc1)c1ccccc1. The first-order valence-corrected chi connectivity index (χ1v) is 6.54. The van der Waals surface area contributed by atoms with Crippen LogP contribution in [0.15, 0.2) is 60.7 Å². The van der Waals surface area contributed by atoms with Gasteiger partial charge in [-0.25, -0.2) is 0 Å². The molecule has 0 aliphatic heterocycles. The molecule has 2 aromatic rings. The number of carbonyl (C=O) groups excluding carboxylic acids is 1. The molecular weight excluding hydrogens is 234 g/mol. The van der Waals surface area contributed by atoms with Crippen molar-refractivity contribution in [2.75, 3.05) is 13.6 Å². The Balaban J connectivity index is 2.17. The minimum absolute atomic E-state index is 0.332. The maximum atomic E-state index is 10.9. The lowest BCUT2D eigenvalue weighted by Crippen LogP contribution is -2.24. The van der Waals surface area contributed by atoms with Gasteiger partial charge >= 0.3 is 0 Å². The molecule has 0 fully saturated rings. The van der Waals surface area contributed by atoms with Gasteiger partial charge in [-0.2, -0.15) is 0 Å². The summed E-state index contributed by atoms with van der Waals surface area (Å²) in [7, 11) is 1.83. The fourth-order valence-corrected chi connectivity index (χ4v) is 2.30. The fourth-order valence-electron chi connectivity index (χ4n) is 2.30. The molecule has 1 atom stereocenters. The van der Waals surface area contributed by atoms with Crippen LogP contribution in [-0.2, 0) is 11.2 Å². The van der Waals surface area contributed by atoms with Gasteiger partial charge in [0.25, 0.3) is 0 Å². The van der Waals surface area contributed by atoms with Crippen LogP contribution in [0.1, 0.15) is 17.0 Å². The lowest BCUT2D eigenvalue weighted by atomic mass is 9.91. The van der Waals surface area contributed by atoms with E-state index in [4.69, 9.17) is 0 Å². The normalized spacial score (nSPS) is 11.8. The molecule has 2 rings (SSSR count). The number of benzene rings is 2. The van der Waals surface area contributed by atoms with Gasteiger partial charge < -0.3 is 4.90 Å². The topological polar surface area (TPSA) is 20.3 Å². The van der Waals surface area contributed by atoms with E-state index < -0.39 is 0 Å². The second kappa shape index (κ2) is 6.74. The third-order valence-corrected chi connectivity index (χ3v) is 3.28. The van der Waals surface area contributed by atoms with Crippen molar-refractivity contribution in [2.24, 2.45) is 0 Å². The Morgan fingerprint density at radius 1 is 1.00 bits per heavy atom. The Bertz CT molecular complexity index is 495. The van der Waals surface area contributed by atoms with Crippen LogP contribution in [0.25, 0.3) is 0 Å². The Hall–Kier alpha value is -2.09. The van der Waals surface area contributed by atoms with Crippen molar-refractivity contribution >= 4 is 6.41 Å². The van der Waals surface area contributed by atoms with Gasteiger partial charge in [0, 0.05) is 19.5 Å². The molecule has 0 spiro atoms. The van der Waals surface area contributed by atoms with Crippen LogP contribution >= 0.6 is 0 Å². The molecule has 0 bridgehead atoms. The summed E-state index contributed by atoms with van der Waals surface area (Å²) in [5.41, 5.74) is 2.58. The van der Waals surface area contributed by atoms with Crippen molar-refractivity contribution in [1.29, 1.82) is 0 Å². The van der Waals surface area contributed by atoms with Gasteiger partial charge in [-0.1, -0.05) is 60.7 Å². The van der Waals surface area contributed by atoms with E-state index in [2.05, 4.69) is 36.4 Å². The predicted octanol–water partition coefficient (Wildman–Crippen LogP) is 3.10. The molecule has 0 saturated carbocycles. The number of carbonyl (C=O) groups is 1. The maximum absolute atomic E-state index is 10.9. The van der Waals surface area contributed by atoms with Crippen LogP contribution in [0.4, 0.5) is 0 Å². The highest BCUT2D eigenvalue weighted by molar-refractivity contribution is 5.46. The second-order valence-electron chi connectivity index (χ2n) is 4.84. The lowest BCUT2D eigenvalue weighted by Gasteiger charge is -2.22. The van der Waals surface area contributed by atoms with E-state index in [1.165, 1.54) is 11.1 Å². The molecule has 0 aliphatic carbocycles. The number of rotatable bonds is 6. The molecule has 0 N–H and O–H groups in total. The van der Waals surface area contributed by atoms with E-state index in [0.717, 1.165) is 19.4 Å². The molecule has 1 amide bonds. The van der Waals surface area contributed by atoms with Gasteiger partial charge in [-0.3, -0.25) is 4.79 Å². The highest BCUT2D eigenvalue weighted by atomic mass is 16.1. The van der Waals surface area contributed by atoms with Crippen molar-refractivity contribution in [3.63, 3.8) is 0 Å². The van der Waals surface area contributed by atoms with Crippen molar-refractivity contribution in [3.8, 4) is 0 Å². The Labute approximate surface area is 114 Å². The molecule has 0 aliphatic rings. The minimum atomic E-state index is 0.332. The highest BCUT2D eigenvalue weighted by Gasteiger charge is 2.14. The summed E-state index contributed by atoms with van der Waals surface area (Å²) in [4.78, 5) is 12.6. The third kappa shape index (κ3) is 3.95. The molecule has 19 heavy (non-hydrogen) atoms. The van der Waals surface area contributed by atoms with E-state index >= 15 is 0 Å². The van der Waals surface area contributed by atoms with Crippen LogP contribution < -0.4 is 0 Å². The molecule has 0 radical (unpaired) electrons. The summed E-state index contributed by atoms with van der Waals surface area (Å²) in [6.45, 7) is 0.738. The van der Waals surface area contributed by atoms with E-state index in [0.29, 0.717) is 5.92 Å². The fraction of sp³-hybridized carbons (Fsp3) is 0.235. The van der Waals surface area contributed by atoms with Gasteiger partial charge in [-0.15, -0.1) is 0 Å². The first-order chi connectivity index (χ1) is 9.29. The van der Waals surface area contributed by atoms with Crippen LogP contribution in [0, 0.1) is 0 Å². The predicted molar refractivity (Wildman–Crippen MR) is 78.0 cm³/mol. The zero-order valence-electron chi connectivity index (χ0n) is 11.2. The Morgan fingerprint density at radius 2 is 1.58 bits per heavy atom. The standard InChI is InChI=1S/C17H19NO/c1-18(14-19)13-17(16-10-6-3-7-11-16)12-15-8-4-2-5-9-15/h2-11,14,17H,12-13H2,1H3. The average molecular weight is 253 g/mol. The first-order valence-electron chi connectivity index (χ1n) is 6.54. The van der Waals surface area contributed by atoms with Crippen LogP contribution in [0.2, 0.25) is 0 Å². The quantitative estimate of drug-likeness (QED) is 0.724. The second-order valence-corrected chi connectivity index (χ2v) is 4.84. The number of likely N-dealkylation sites (N-methyl/N-ethyl adjacent to an activating group) is 1. The third-order valence-electron chi connectivity index (χ3n) is 3.28. The van der Waals surface area contributed by atoms with Crippen LogP contribution in [-0.4, -0.2) is 24.9 Å². The molecule has 2 aromatic carbocycles. The zero-order chi connectivity index (χ0) is 13.5. The summed E-state index contributed by atoms with van der Waals surface area (Å²) in [6, 6.07) is 20.8. The Morgan fingerprint density at radius 3 is 2.16 bits per heavy atom. The number of nitrogens with zero attached hydrogens (tertiary/aromatic N) is 1. The van der Waals surface area contributed by atoms with Crippen molar-refractivity contribution < 1.29 is 4.79 Å². The van der Waals surface area contributed by atoms with Gasteiger partial charge in [0.15, 0.2) is 0 Å². The summed E-state index contributed by atoms with van der Waals surface area (Å²) in [6.07, 6.45) is 1.84. The van der Waals surface area contributed by atoms with Crippen molar-refractivity contribution in [2.45, 2.75) is 12.3 Å². The van der Waals surface area contributed by atoms with Crippen LogP contribution in [0.3, 0.4) is 0 Å². The van der Waals surface area contributed by atoms with E-state index in [1.807, 2.05) is 31.3 Å². The van der Waals surface area contributed by atoms with E-state index in [-0.39, 0.29) is 0 Å². The summed E-state index contributed by atoms with van der Waals surface area (Å²) >= 11 is 0.